The van der Waals surface area contributed by atoms with Gasteiger partial charge in [-0.15, -0.1) is 0 Å². The number of aliphatic hydroxyl groups is 1. The number of nitro groups is 1. The summed E-state index contributed by atoms with van der Waals surface area (Å²) < 4.78 is 10.3. The molecule has 4 saturated carbocycles. The van der Waals surface area contributed by atoms with Gasteiger partial charge in [-0.2, -0.15) is 0 Å². The van der Waals surface area contributed by atoms with E-state index >= 15 is 0 Å². The molecule has 0 aliphatic heterocycles. The second-order valence-electron chi connectivity index (χ2n) is 9.21. The third kappa shape index (κ3) is 4.12. The Morgan fingerprint density at radius 3 is 2.57 bits per heavy atom. The number of nitro benzene ring substituents is 1. The van der Waals surface area contributed by atoms with Gasteiger partial charge in [-0.25, -0.2) is 0 Å². The fourth-order valence-electron chi connectivity index (χ4n) is 6.20. The molecule has 1 aromatic rings. The van der Waals surface area contributed by atoms with E-state index in [4.69, 9.17) is 9.47 Å². The van der Waals surface area contributed by atoms with E-state index in [9.17, 15) is 24.8 Å². The lowest BCUT2D eigenvalue weighted by Crippen LogP contribution is -2.56. The van der Waals surface area contributed by atoms with Crippen molar-refractivity contribution in [2.24, 2.45) is 17.3 Å². The van der Waals surface area contributed by atoms with Gasteiger partial charge in [-0.05, 0) is 61.8 Å². The number of carbonyl (C=O) groups is 2. The quantitative estimate of drug-likeness (QED) is 0.396. The van der Waals surface area contributed by atoms with Crippen molar-refractivity contribution in [2.75, 3.05) is 19.0 Å². The number of ether oxygens (including phenoxy) is 2. The van der Waals surface area contributed by atoms with Gasteiger partial charge in [0.1, 0.15) is 5.75 Å². The molecule has 0 heterocycles. The van der Waals surface area contributed by atoms with Crippen LogP contribution in [0.25, 0.3) is 0 Å². The number of nitrogens with zero attached hydrogens (tertiary/aromatic N) is 1. The third-order valence-corrected chi connectivity index (χ3v) is 6.70. The van der Waals surface area contributed by atoms with Gasteiger partial charge in [-0.3, -0.25) is 19.7 Å². The van der Waals surface area contributed by atoms with Crippen molar-refractivity contribution >= 4 is 23.3 Å². The van der Waals surface area contributed by atoms with Crippen molar-refractivity contribution in [3.05, 3.63) is 28.3 Å². The zero-order valence-corrected chi connectivity index (χ0v) is 16.9. The summed E-state index contributed by atoms with van der Waals surface area (Å²) in [7, 11) is 1.34. The molecular weight excluding hydrogens is 392 g/mol. The fourth-order valence-corrected chi connectivity index (χ4v) is 6.20. The van der Waals surface area contributed by atoms with Crippen molar-refractivity contribution in [1.29, 1.82) is 0 Å². The maximum atomic E-state index is 12.4. The van der Waals surface area contributed by atoms with E-state index in [2.05, 4.69) is 5.32 Å². The van der Waals surface area contributed by atoms with E-state index in [1.165, 1.54) is 25.3 Å². The lowest BCUT2D eigenvalue weighted by molar-refractivity contribution is -0.384. The van der Waals surface area contributed by atoms with Gasteiger partial charge in [0.15, 0.2) is 6.61 Å². The zero-order valence-electron chi connectivity index (χ0n) is 16.9. The first-order valence-corrected chi connectivity index (χ1v) is 10.2. The number of anilines is 1. The topological polar surface area (TPSA) is 128 Å². The number of nitrogens with one attached hydrogen (secondary N) is 1. The third-order valence-electron chi connectivity index (χ3n) is 6.70. The number of methoxy groups -OCH3 is 1. The SMILES string of the molecule is COc1cc([N+](=O)[O-])ccc1NC(=O)COC(=O)CC12C[C@@H]3C[C@@H](CC(O)(C3)C1)C2. The molecule has 4 atom stereocenters. The molecule has 9 heteroatoms. The molecule has 4 bridgehead atoms. The van der Waals surface area contributed by atoms with E-state index in [1.54, 1.807) is 0 Å². The Bertz CT molecular complexity index is 870. The number of carbonyl (C=O) groups excluding carboxylic acids is 2. The minimum Gasteiger partial charge on any atom is -0.494 e. The Labute approximate surface area is 173 Å². The highest BCUT2D eigenvalue weighted by Gasteiger charge is 2.57. The molecule has 4 fully saturated rings. The van der Waals surface area contributed by atoms with Crippen molar-refractivity contribution in [3.63, 3.8) is 0 Å². The van der Waals surface area contributed by atoms with Crippen LogP contribution >= 0.6 is 0 Å². The maximum absolute atomic E-state index is 12.4. The summed E-state index contributed by atoms with van der Waals surface area (Å²) in [6, 6.07) is 3.83. The molecule has 30 heavy (non-hydrogen) atoms. The smallest absolute Gasteiger partial charge is 0.306 e. The number of rotatable bonds is 7. The number of amides is 1. The second-order valence-corrected chi connectivity index (χ2v) is 9.21. The molecule has 4 aliphatic rings. The molecule has 0 radical (unpaired) electrons. The van der Waals surface area contributed by atoms with Crippen molar-refractivity contribution in [1.82, 2.24) is 0 Å². The number of hydrogen-bond donors (Lipinski definition) is 2. The van der Waals surface area contributed by atoms with Crippen LogP contribution in [0, 0.1) is 27.4 Å². The van der Waals surface area contributed by atoms with Crippen LogP contribution in [0.2, 0.25) is 0 Å². The molecule has 0 aromatic heterocycles. The first-order chi connectivity index (χ1) is 14.2. The van der Waals surface area contributed by atoms with Gasteiger partial charge in [0.2, 0.25) is 0 Å². The zero-order chi connectivity index (χ0) is 21.5. The number of benzene rings is 1. The highest BCUT2D eigenvalue weighted by molar-refractivity contribution is 5.94. The average Bonchev–Trinajstić information content (AvgIpc) is 2.64. The van der Waals surface area contributed by atoms with E-state index in [0.29, 0.717) is 18.3 Å². The summed E-state index contributed by atoms with van der Waals surface area (Å²) in [4.78, 5) is 34.9. The number of esters is 1. The molecule has 2 unspecified atom stereocenters. The summed E-state index contributed by atoms with van der Waals surface area (Å²) >= 11 is 0. The summed E-state index contributed by atoms with van der Waals surface area (Å²) in [6.45, 7) is -0.452. The first-order valence-electron chi connectivity index (χ1n) is 10.2. The van der Waals surface area contributed by atoms with Crippen LogP contribution in [-0.2, 0) is 14.3 Å². The Hall–Kier alpha value is -2.68. The molecule has 1 amide bonds. The minimum absolute atomic E-state index is 0.144. The van der Waals surface area contributed by atoms with Gasteiger partial charge >= 0.3 is 5.97 Å². The largest absolute Gasteiger partial charge is 0.494 e. The molecule has 9 nitrogen and oxygen atoms in total. The predicted molar refractivity (Wildman–Crippen MR) is 106 cm³/mol. The fraction of sp³-hybridized carbons (Fsp3) is 0.619. The normalized spacial score (nSPS) is 31.3. The Balaban J connectivity index is 1.31. The van der Waals surface area contributed by atoms with Crippen LogP contribution < -0.4 is 10.1 Å². The number of hydrogen-bond acceptors (Lipinski definition) is 7. The van der Waals surface area contributed by atoms with Gasteiger partial charge in [-0.1, -0.05) is 0 Å². The predicted octanol–water partition coefficient (Wildman–Crippen LogP) is 2.81. The first kappa shape index (κ1) is 20.6. The lowest BCUT2D eigenvalue weighted by Gasteiger charge is -2.60. The molecular formula is C21H26N2O7. The van der Waals surface area contributed by atoms with E-state index in [-0.39, 0.29) is 29.0 Å². The van der Waals surface area contributed by atoms with E-state index < -0.39 is 29.0 Å². The molecule has 162 valence electrons. The molecule has 5 rings (SSSR count). The molecule has 0 saturated heterocycles. The highest BCUT2D eigenvalue weighted by atomic mass is 16.6. The van der Waals surface area contributed by atoms with Crippen molar-refractivity contribution < 1.29 is 29.1 Å². The Morgan fingerprint density at radius 1 is 1.27 bits per heavy atom. The summed E-state index contributed by atoms with van der Waals surface area (Å²) in [5, 5.41) is 24.2. The van der Waals surface area contributed by atoms with Crippen molar-refractivity contribution in [3.8, 4) is 5.75 Å². The maximum Gasteiger partial charge on any atom is 0.306 e. The lowest BCUT2D eigenvalue weighted by atomic mass is 9.47. The Kier molecular flexibility index (Phi) is 5.17. The highest BCUT2D eigenvalue weighted by Crippen LogP contribution is 2.62. The van der Waals surface area contributed by atoms with E-state index in [1.807, 2.05) is 0 Å². The van der Waals surface area contributed by atoms with Crippen LogP contribution in [-0.4, -0.2) is 41.2 Å². The van der Waals surface area contributed by atoms with Crippen LogP contribution in [0.3, 0.4) is 0 Å². The summed E-state index contributed by atoms with van der Waals surface area (Å²) in [6.07, 6.45) is 5.53. The number of non-ortho nitro benzene ring substituents is 1. The van der Waals surface area contributed by atoms with Gasteiger partial charge < -0.3 is 19.9 Å². The van der Waals surface area contributed by atoms with Gasteiger partial charge in [0, 0.05) is 6.07 Å². The van der Waals surface area contributed by atoms with Crippen LogP contribution in [0.4, 0.5) is 11.4 Å². The van der Waals surface area contributed by atoms with Crippen molar-refractivity contribution in [2.45, 2.75) is 50.5 Å². The Morgan fingerprint density at radius 2 is 1.97 bits per heavy atom. The molecule has 4 aliphatic carbocycles. The van der Waals surface area contributed by atoms with Crippen LogP contribution in [0.1, 0.15) is 44.9 Å². The average molecular weight is 418 g/mol. The molecule has 2 N–H and O–H groups in total. The van der Waals surface area contributed by atoms with Gasteiger partial charge in [0.25, 0.3) is 11.6 Å². The molecule has 0 spiro atoms. The van der Waals surface area contributed by atoms with Crippen LogP contribution in [0.5, 0.6) is 5.75 Å². The standard InChI is InChI=1S/C21H26N2O7/c1-29-17-5-15(23(27)28)2-3-16(17)22-18(24)11-30-19(25)10-20-6-13-4-14(7-20)9-21(26,8-13)12-20/h2-3,5,13-14,26H,4,6-12H2,1H3,(H,22,24)/t13-,14+,20?,21?. The minimum atomic E-state index is -0.645. The van der Waals surface area contributed by atoms with Gasteiger partial charge in [0.05, 0.1) is 35.8 Å². The van der Waals surface area contributed by atoms with Crippen LogP contribution in [0.15, 0.2) is 18.2 Å². The molecule has 1 aromatic carbocycles. The summed E-state index contributed by atoms with van der Waals surface area (Å²) in [5.41, 5.74) is -0.761. The summed E-state index contributed by atoms with van der Waals surface area (Å²) in [5.74, 6) is 0.0978. The monoisotopic (exact) mass is 418 g/mol. The van der Waals surface area contributed by atoms with E-state index in [0.717, 1.165) is 32.1 Å². The second kappa shape index (κ2) is 7.54.